The van der Waals surface area contributed by atoms with Gasteiger partial charge in [-0.05, 0) is 33.5 Å². The second-order valence-corrected chi connectivity index (χ2v) is 5.39. The van der Waals surface area contributed by atoms with Crippen LogP contribution in [0.5, 0.6) is 0 Å². The Morgan fingerprint density at radius 3 is 2.65 bits per heavy atom. The van der Waals surface area contributed by atoms with Gasteiger partial charge >= 0.3 is 0 Å². The highest BCUT2D eigenvalue weighted by atomic mass is 79.9. The van der Waals surface area contributed by atoms with E-state index in [9.17, 15) is 10.1 Å². The summed E-state index contributed by atoms with van der Waals surface area (Å²) in [6, 6.07) is 5.15. The molecule has 0 unspecified atom stereocenters. The Kier molecular flexibility index (Phi) is 5.33. The average Bonchev–Trinajstić information content (AvgIpc) is 2.27. The molecule has 0 aliphatic rings. The van der Waals surface area contributed by atoms with Gasteiger partial charge in [0.15, 0.2) is 0 Å². The van der Waals surface area contributed by atoms with Crippen LogP contribution in [-0.4, -0.2) is 10.3 Å². The highest BCUT2D eigenvalue weighted by molar-refractivity contribution is 9.10. The molecule has 0 aliphatic carbocycles. The molecular formula is C12H13Br2NO2. The first-order valence-corrected chi connectivity index (χ1v) is 7.07. The highest BCUT2D eigenvalue weighted by Gasteiger charge is 2.12. The largest absolute Gasteiger partial charge is 0.284 e. The Morgan fingerprint density at radius 2 is 2.18 bits per heavy atom. The van der Waals surface area contributed by atoms with Gasteiger partial charge in [0.1, 0.15) is 0 Å². The van der Waals surface area contributed by atoms with E-state index in [1.807, 2.05) is 12.1 Å². The summed E-state index contributed by atoms with van der Waals surface area (Å²) in [5.41, 5.74) is 2.15. The molecule has 0 spiro atoms. The van der Waals surface area contributed by atoms with E-state index in [0.717, 1.165) is 10.9 Å². The van der Waals surface area contributed by atoms with Crippen molar-refractivity contribution in [2.75, 3.05) is 5.33 Å². The van der Waals surface area contributed by atoms with Crippen molar-refractivity contribution in [3.8, 4) is 0 Å². The van der Waals surface area contributed by atoms with Gasteiger partial charge in [-0.25, -0.2) is 0 Å². The molecule has 0 saturated carbocycles. The lowest BCUT2D eigenvalue weighted by Gasteiger charge is -2.07. The summed E-state index contributed by atoms with van der Waals surface area (Å²) in [4.78, 5) is 10.4. The third kappa shape index (κ3) is 3.92. The second kappa shape index (κ2) is 6.31. The summed E-state index contributed by atoms with van der Waals surface area (Å²) in [6.45, 7) is 4.20. The van der Waals surface area contributed by atoms with Crippen molar-refractivity contribution >= 4 is 43.6 Å². The number of hydrogen-bond donors (Lipinski definition) is 0. The zero-order valence-corrected chi connectivity index (χ0v) is 12.8. The van der Waals surface area contributed by atoms with Crippen molar-refractivity contribution in [1.29, 1.82) is 0 Å². The molecular weight excluding hydrogens is 350 g/mol. The summed E-state index contributed by atoms with van der Waals surface area (Å²) in [5.74, 6) is 0.414. The van der Waals surface area contributed by atoms with E-state index in [1.165, 1.54) is 5.57 Å². The minimum Gasteiger partial charge on any atom is -0.258 e. The number of nitro groups is 1. The van der Waals surface area contributed by atoms with Gasteiger partial charge in [-0.15, -0.1) is 0 Å². The first kappa shape index (κ1) is 14.4. The minimum absolute atomic E-state index is 0.0939. The van der Waals surface area contributed by atoms with Crippen LogP contribution in [0.2, 0.25) is 0 Å². The van der Waals surface area contributed by atoms with Crippen LogP contribution in [0, 0.1) is 16.0 Å². The van der Waals surface area contributed by atoms with Gasteiger partial charge < -0.3 is 0 Å². The standard InChI is InChI=1S/C12H13Br2NO2/c1-8(2)10(7-13)5-9-3-4-11(14)12(6-9)15(16)17/h3-6,8H,7H2,1-2H3. The molecule has 17 heavy (non-hydrogen) atoms. The van der Waals surface area contributed by atoms with Crippen molar-refractivity contribution in [1.82, 2.24) is 0 Å². The molecule has 92 valence electrons. The monoisotopic (exact) mass is 361 g/mol. The van der Waals surface area contributed by atoms with Crippen molar-refractivity contribution in [2.24, 2.45) is 5.92 Å². The summed E-state index contributed by atoms with van der Waals surface area (Å²) in [6.07, 6.45) is 1.98. The van der Waals surface area contributed by atoms with Crippen LogP contribution in [0.4, 0.5) is 5.69 Å². The molecule has 5 heteroatoms. The second-order valence-electron chi connectivity index (χ2n) is 3.98. The average molecular weight is 363 g/mol. The number of benzene rings is 1. The summed E-state index contributed by atoms with van der Waals surface area (Å²) >= 11 is 6.60. The van der Waals surface area contributed by atoms with Crippen LogP contribution in [0.15, 0.2) is 28.2 Å². The molecule has 0 atom stereocenters. The van der Waals surface area contributed by atoms with Gasteiger partial charge in [0.2, 0.25) is 0 Å². The fourth-order valence-electron chi connectivity index (χ4n) is 1.33. The smallest absolute Gasteiger partial charge is 0.258 e. The summed E-state index contributed by atoms with van der Waals surface area (Å²) < 4.78 is 0.504. The molecule has 0 saturated heterocycles. The van der Waals surface area contributed by atoms with E-state index in [1.54, 1.807) is 12.1 Å². The minimum atomic E-state index is -0.384. The molecule has 0 bridgehead atoms. The predicted molar refractivity (Wildman–Crippen MR) is 77.4 cm³/mol. The molecule has 0 amide bonds. The molecule has 0 N–H and O–H groups in total. The first-order valence-electron chi connectivity index (χ1n) is 5.16. The van der Waals surface area contributed by atoms with Gasteiger partial charge in [0.25, 0.3) is 5.69 Å². The predicted octanol–water partition coefficient (Wildman–Crippen LogP) is 4.79. The zero-order valence-electron chi connectivity index (χ0n) is 9.61. The van der Waals surface area contributed by atoms with E-state index in [0.29, 0.717) is 10.4 Å². The van der Waals surface area contributed by atoms with Gasteiger partial charge in [0, 0.05) is 11.4 Å². The normalized spacial score (nSPS) is 11.9. The maximum Gasteiger partial charge on any atom is 0.284 e. The van der Waals surface area contributed by atoms with Crippen LogP contribution in [0.1, 0.15) is 19.4 Å². The Bertz CT molecular complexity index is 456. The number of halogens is 2. The molecule has 0 fully saturated rings. The van der Waals surface area contributed by atoms with E-state index >= 15 is 0 Å². The molecule has 0 heterocycles. The fourth-order valence-corrected chi connectivity index (χ4v) is 2.53. The van der Waals surface area contributed by atoms with Crippen LogP contribution >= 0.6 is 31.9 Å². The van der Waals surface area contributed by atoms with Gasteiger partial charge in [-0.2, -0.15) is 0 Å². The molecule has 0 radical (unpaired) electrons. The third-order valence-corrected chi connectivity index (χ3v) is 3.73. The van der Waals surface area contributed by atoms with Gasteiger partial charge in [-0.3, -0.25) is 10.1 Å². The maximum absolute atomic E-state index is 10.8. The van der Waals surface area contributed by atoms with Crippen LogP contribution in [0.25, 0.3) is 6.08 Å². The molecule has 3 nitrogen and oxygen atoms in total. The van der Waals surface area contributed by atoms with E-state index in [-0.39, 0.29) is 10.6 Å². The van der Waals surface area contributed by atoms with E-state index in [2.05, 4.69) is 45.7 Å². The lowest BCUT2D eigenvalue weighted by Crippen LogP contribution is -1.95. The lowest BCUT2D eigenvalue weighted by atomic mass is 10.0. The number of allylic oxidation sites excluding steroid dienone is 1. The quantitative estimate of drug-likeness (QED) is 0.439. The van der Waals surface area contributed by atoms with Gasteiger partial charge in [-0.1, -0.05) is 47.5 Å². The topological polar surface area (TPSA) is 43.1 Å². The summed E-state index contributed by atoms with van der Waals surface area (Å²) in [5, 5.41) is 11.6. The van der Waals surface area contributed by atoms with Crippen molar-refractivity contribution in [3.05, 3.63) is 43.9 Å². The Hall–Kier alpha value is -0.680. The van der Waals surface area contributed by atoms with Crippen LogP contribution < -0.4 is 0 Å². The fraction of sp³-hybridized carbons (Fsp3) is 0.333. The highest BCUT2D eigenvalue weighted by Crippen LogP contribution is 2.27. The van der Waals surface area contributed by atoms with Crippen molar-refractivity contribution in [3.63, 3.8) is 0 Å². The molecule has 0 aromatic heterocycles. The van der Waals surface area contributed by atoms with Crippen LogP contribution in [-0.2, 0) is 0 Å². The SMILES string of the molecule is CC(C)C(=Cc1ccc(Br)c([N+](=O)[O-])c1)CBr. The Morgan fingerprint density at radius 1 is 1.53 bits per heavy atom. The van der Waals surface area contributed by atoms with Gasteiger partial charge in [0.05, 0.1) is 9.40 Å². The number of nitrogens with zero attached hydrogens (tertiary/aromatic N) is 1. The number of hydrogen-bond acceptors (Lipinski definition) is 2. The van der Waals surface area contributed by atoms with E-state index in [4.69, 9.17) is 0 Å². The first-order chi connectivity index (χ1) is 7.95. The van der Waals surface area contributed by atoms with Crippen molar-refractivity contribution in [2.45, 2.75) is 13.8 Å². The Balaban J connectivity index is 3.16. The molecule has 1 aromatic carbocycles. The number of alkyl halides is 1. The lowest BCUT2D eigenvalue weighted by molar-refractivity contribution is -0.385. The zero-order chi connectivity index (χ0) is 13.0. The maximum atomic E-state index is 10.8. The van der Waals surface area contributed by atoms with E-state index < -0.39 is 0 Å². The van der Waals surface area contributed by atoms with Crippen LogP contribution in [0.3, 0.4) is 0 Å². The third-order valence-electron chi connectivity index (χ3n) is 2.41. The number of rotatable bonds is 4. The molecule has 0 aliphatic heterocycles. The number of nitro benzene ring substituents is 1. The van der Waals surface area contributed by atoms with Crippen molar-refractivity contribution < 1.29 is 4.92 Å². The summed E-state index contributed by atoms with van der Waals surface area (Å²) in [7, 11) is 0. The Labute approximate surface area is 117 Å². The molecule has 1 rings (SSSR count). The molecule has 1 aromatic rings.